The molecule has 0 fully saturated rings. The normalized spacial score (nSPS) is 10.5. The highest BCUT2D eigenvalue weighted by Gasteiger charge is 2.19. The molecule has 0 spiro atoms. The minimum atomic E-state index is -0.766. The standard InChI is InChI=1S/C14H14N2O4/c1-3-20-14(19)10-7-9-11(15)5-4-6-12(9)16(8(2)17)13(10)18/h4-7H,3,15H2,1-2H3. The van der Waals surface area contributed by atoms with Crippen molar-refractivity contribution in [3.8, 4) is 0 Å². The van der Waals surface area contributed by atoms with Crippen molar-refractivity contribution in [3.05, 3.63) is 40.2 Å². The third-order valence-electron chi connectivity index (χ3n) is 2.89. The highest BCUT2D eigenvalue weighted by molar-refractivity contribution is 6.01. The van der Waals surface area contributed by atoms with Crippen LogP contribution >= 0.6 is 0 Å². The van der Waals surface area contributed by atoms with E-state index in [0.29, 0.717) is 16.6 Å². The molecule has 2 rings (SSSR count). The molecule has 0 bridgehead atoms. The molecule has 2 aromatic rings. The number of esters is 1. The number of hydrogen-bond donors (Lipinski definition) is 1. The molecule has 0 aliphatic carbocycles. The quantitative estimate of drug-likeness (QED) is 0.660. The fourth-order valence-electron chi connectivity index (χ4n) is 2.03. The van der Waals surface area contributed by atoms with Crippen LogP contribution in [0.2, 0.25) is 0 Å². The average Bonchev–Trinajstić information content (AvgIpc) is 2.38. The number of pyridine rings is 1. The number of aromatic nitrogens is 1. The highest BCUT2D eigenvalue weighted by atomic mass is 16.5. The van der Waals surface area contributed by atoms with Crippen molar-refractivity contribution in [3.63, 3.8) is 0 Å². The first kappa shape index (κ1) is 13.8. The Morgan fingerprint density at radius 2 is 2.05 bits per heavy atom. The van der Waals surface area contributed by atoms with Crippen LogP contribution in [0.15, 0.2) is 29.1 Å². The maximum atomic E-state index is 12.3. The largest absolute Gasteiger partial charge is 0.462 e. The summed E-state index contributed by atoms with van der Waals surface area (Å²) in [4.78, 5) is 35.8. The zero-order valence-electron chi connectivity index (χ0n) is 11.2. The Kier molecular flexibility index (Phi) is 3.56. The molecule has 0 aliphatic rings. The van der Waals surface area contributed by atoms with Gasteiger partial charge in [-0.15, -0.1) is 0 Å². The Balaban J connectivity index is 2.89. The third kappa shape index (κ3) is 2.16. The molecule has 104 valence electrons. The molecule has 0 radical (unpaired) electrons. The highest BCUT2D eigenvalue weighted by Crippen LogP contribution is 2.20. The zero-order chi connectivity index (χ0) is 14.9. The fraction of sp³-hybridized carbons (Fsp3) is 0.214. The van der Waals surface area contributed by atoms with Gasteiger partial charge >= 0.3 is 5.97 Å². The van der Waals surface area contributed by atoms with E-state index in [-0.39, 0.29) is 12.2 Å². The lowest BCUT2D eigenvalue weighted by Gasteiger charge is -2.11. The van der Waals surface area contributed by atoms with E-state index in [2.05, 4.69) is 0 Å². The molecule has 2 N–H and O–H groups in total. The van der Waals surface area contributed by atoms with Crippen molar-refractivity contribution < 1.29 is 14.3 Å². The van der Waals surface area contributed by atoms with Crippen molar-refractivity contribution in [1.82, 2.24) is 4.57 Å². The number of ether oxygens (including phenoxy) is 1. The van der Waals surface area contributed by atoms with Gasteiger partial charge in [-0.1, -0.05) is 6.07 Å². The Morgan fingerprint density at radius 3 is 2.65 bits per heavy atom. The number of nitrogens with two attached hydrogens (primary N) is 1. The molecule has 1 heterocycles. The van der Waals surface area contributed by atoms with Gasteiger partial charge < -0.3 is 10.5 Å². The summed E-state index contributed by atoms with van der Waals surface area (Å²) in [5.41, 5.74) is 5.69. The average molecular weight is 274 g/mol. The first-order chi connectivity index (χ1) is 9.47. The van der Waals surface area contributed by atoms with Crippen molar-refractivity contribution in [1.29, 1.82) is 0 Å². The van der Waals surface area contributed by atoms with E-state index in [1.807, 2.05) is 0 Å². The van der Waals surface area contributed by atoms with Gasteiger partial charge in [0.2, 0.25) is 5.91 Å². The van der Waals surface area contributed by atoms with Crippen molar-refractivity contribution in [2.24, 2.45) is 0 Å². The third-order valence-corrected chi connectivity index (χ3v) is 2.89. The summed E-state index contributed by atoms with van der Waals surface area (Å²) in [5, 5.41) is 0.463. The number of benzene rings is 1. The molecule has 6 heteroatoms. The maximum Gasteiger partial charge on any atom is 0.343 e. The zero-order valence-corrected chi connectivity index (χ0v) is 11.2. The van der Waals surface area contributed by atoms with E-state index in [9.17, 15) is 14.4 Å². The number of fused-ring (bicyclic) bond motifs is 1. The topological polar surface area (TPSA) is 91.4 Å². The lowest BCUT2D eigenvalue weighted by Crippen LogP contribution is -2.30. The molecular formula is C14H14N2O4. The van der Waals surface area contributed by atoms with Gasteiger partial charge in [0.15, 0.2) is 0 Å². The molecule has 6 nitrogen and oxygen atoms in total. The maximum absolute atomic E-state index is 12.3. The Bertz CT molecular complexity index is 762. The van der Waals surface area contributed by atoms with Gasteiger partial charge in [-0.05, 0) is 25.1 Å². The van der Waals surface area contributed by atoms with Gasteiger partial charge in [-0.2, -0.15) is 0 Å². The monoisotopic (exact) mass is 274 g/mol. The number of anilines is 1. The molecule has 0 aliphatic heterocycles. The van der Waals surface area contributed by atoms with E-state index in [0.717, 1.165) is 4.57 Å². The number of hydrogen-bond acceptors (Lipinski definition) is 5. The lowest BCUT2D eigenvalue weighted by atomic mass is 10.1. The van der Waals surface area contributed by atoms with Crippen LogP contribution in [0.4, 0.5) is 5.69 Å². The van der Waals surface area contributed by atoms with Gasteiger partial charge in [0.1, 0.15) is 5.56 Å². The van der Waals surface area contributed by atoms with Crippen LogP contribution in [0.1, 0.15) is 29.0 Å². The molecule has 20 heavy (non-hydrogen) atoms. The fourth-order valence-corrected chi connectivity index (χ4v) is 2.03. The minimum absolute atomic E-state index is 0.140. The summed E-state index contributed by atoms with van der Waals surface area (Å²) in [6.07, 6.45) is 0. The summed E-state index contributed by atoms with van der Waals surface area (Å²) < 4.78 is 5.76. The first-order valence-corrected chi connectivity index (χ1v) is 6.09. The Morgan fingerprint density at radius 1 is 1.35 bits per heavy atom. The molecule has 1 aromatic heterocycles. The number of nitrogens with zero attached hydrogens (tertiary/aromatic N) is 1. The summed E-state index contributed by atoms with van der Waals surface area (Å²) in [6, 6.07) is 6.24. The molecular weight excluding hydrogens is 260 g/mol. The van der Waals surface area contributed by atoms with Gasteiger partial charge in [0.05, 0.1) is 12.1 Å². The molecule has 0 saturated heterocycles. The number of carbonyl (C=O) groups excluding carboxylic acids is 2. The molecule has 0 amide bonds. The van der Waals surface area contributed by atoms with E-state index in [4.69, 9.17) is 10.5 Å². The Hall–Kier alpha value is -2.63. The van der Waals surface area contributed by atoms with Gasteiger partial charge in [0, 0.05) is 18.0 Å². The van der Waals surface area contributed by atoms with Crippen LogP contribution in [-0.2, 0) is 4.74 Å². The van der Waals surface area contributed by atoms with Crippen molar-refractivity contribution in [2.75, 3.05) is 12.3 Å². The molecule has 0 unspecified atom stereocenters. The number of rotatable bonds is 2. The van der Waals surface area contributed by atoms with Crippen LogP contribution in [0.25, 0.3) is 10.9 Å². The van der Waals surface area contributed by atoms with E-state index in [1.165, 1.54) is 13.0 Å². The van der Waals surface area contributed by atoms with Crippen LogP contribution < -0.4 is 11.3 Å². The number of carbonyl (C=O) groups is 2. The first-order valence-electron chi connectivity index (χ1n) is 6.09. The molecule has 1 aromatic carbocycles. The predicted molar refractivity (Wildman–Crippen MR) is 74.9 cm³/mol. The van der Waals surface area contributed by atoms with Crippen LogP contribution in [-0.4, -0.2) is 23.1 Å². The SMILES string of the molecule is CCOC(=O)c1cc2c(N)cccc2n(C(C)=O)c1=O. The van der Waals surface area contributed by atoms with E-state index in [1.54, 1.807) is 25.1 Å². The summed E-state index contributed by atoms with van der Waals surface area (Å²) in [7, 11) is 0. The van der Waals surface area contributed by atoms with Crippen molar-refractivity contribution in [2.45, 2.75) is 13.8 Å². The van der Waals surface area contributed by atoms with Gasteiger partial charge in [0.25, 0.3) is 5.56 Å². The van der Waals surface area contributed by atoms with Crippen LogP contribution in [0, 0.1) is 0 Å². The van der Waals surface area contributed by atoms with Crippen LogP contribution in [0.3, 0.4) is 0 Å². The second-order valence-corrected chi connectivity index (χ2v) is 4.22. The second-order valence-electron chi connectivity index (χ2n) is 4.22. The molecule has 0 saturated carbocycles. The second kappa shape index (κ2) is 5.16. The summed E-state index contributed by atoms with van der Waals surface area (Å²) in [6.45, 7) is 3.02. The van der Waals surface area contributed by atoms with Crippen LogP contribution in [0.5, 0.6) is 0 Å². The van der Waals surface area contributed by atoms with E-state index >= 15 is 0 Å². The van der Waals surface area contributed by atoms with Crippen molar-refractivity contribution >= 4 is 28.5 Å². The summed E-state index contributed by atoms with van der Waals surface area (Å²) in [5.74, 6) is -1.26. The smallest absolute Gasteiger partial charge is 0.343 e. The molecule has 0 atom stereocenters. The lowest BCUT2D eigenvalue weighted by molar-refractivity contribution is 0.0524. The predicted octanol–water partition coefficient (Wildman–Crippen LogP) is 1.42. The van der Waals surface area contributed by atoms with Gasteiger partial charge in [-0.25, -0.2) is 9.36 Å². The Labute approximate surface area is 114 Å². The number of nitrogen functional groups attached to an aromatic ring is 1. The van der Waals surface area contributed by atoms with Gasteiger partial charge in [-0.3, -0.25) is 9.59 Å². The summed E-state index contributed by atoms with van der Waals surface area (Å²) >= 11 is 0. The van der Waals surface area contributed by atoms with E-state index < -0.39 is 17.4 Å². The minimum Gasteiger partial charge on any atom is -0.462 e.